The molecule has 0 spiro atoms. The number of H-pyrrole nitrogens is 1. The molecule has 7 rings (SSSR count). The Hall–Kier alpha value is -6.11. The second kappa shape index (κ2) is 15.2. The Labute approximate surface area is 294 Å². The van der Waals surface area contributed by atoms with E-state index in [1.807, 2.05) is 30.3 Å². The van der Waals surface area contributed by atoms with Gasteiger partial charge < -0.3 is 33.7 Å². The number of aromatic nitrogens is 3. The fraction of sp³-hybridized carbons (Fsp3) is 0.289. The fourth-order valence-corrected chi connectivity index (χ4v) is 6.28. The van der Waals surface area contributed by atoms with Crippen molar-refractivity contribution in [2.24, 2.45) is 0 Å². The molecule has 51 heavy (non-hydrogen) atoms. The van der Waals surface area contributed by atoms with Crippen molar-refractivity contribution in [1.29, 1.82) is 0 Å². The third-order valence-corrected chi connectivity index (χ3v) is 8.89. The lowest BCUT2D eigenvalue weighted by Gasteiger charge is -2.23. The monoisotopic (exact) mass is 690 g/mol. The van der Waals surface area contributed by atoms with Crippen molar-refractivity contribution in [2.75, 3.05) is 46.5 Å². The number of hydrogen-bond acceptors (Lipinski definition) is 9. The van der Waals surface area contributed by atoms with Gasteiger partial charge in [0.15, 0.2) is 17.3 Å². The Morgan fingerprint density at radius 3 is 2.57 bits per heavy atom. The van der Waals surface area contributed by atoms with E-state index < -0.39 is 0 Å². The number of nitrogens with one attached hydrogen (secondary N) is 2. The van der Waals surface area contributed by atoms with Crippen LogP contribution in [0.15, 0.2) is 83.6 Å². The summed E-state index contributed by atoms with van der Waals surface area (Å²) in [4.78, 5) is 48.2. The lowest BCUT2D eigenvalue weighted by Crippen LogP contribution is -2.34. The fourth-order valence-electron chi connectivity index (χ4n) is 6.28. The molecule has 5 heterocycles. The molecule has 5 aromatic rings. The van der Waals surface area contributed by atoms with E-state index >= 15 is 0 Å². The van der Waals surface area contributed by atoms with E-state index in [1.54, 1.807) is 59.5 Å². The zero-order chi connectivity index (χ0) is 35.2. The SMILES string of the molecule is COc1ccc2cc1-c1cc3c(c(c1)OCCCN(C(=O)c1cc(-c4ccccn4)n[nH]1)CCCCNC2=O)OCCN(C(=O)c1ccco1)C3. The van der Waals surface area contributed by atoms with Crippen molar-refractivity contribution in [2.45, 2.75) is 25.8 Å². The van der Waals surface area contributed by atoms with Gasteiger partial charge in [-0.25, -0.2) is 0 Å². The number of nitrogens with zero attached hydrogens (tertiary/aromatic N) is 4. The van der Waals surface area contributed by atoms with Gasteiger partial charge >= 0.3 is 0 Å². The Morgan fingerprint density at radius 2 is 1.75 bits per heavy atom. The van der Waals surface area contributed by atoms with E-state index in [0.29, 0.717) is 90.9 Å². The average Bonchev–Trinajstić information content (AvgIpc) is 3.84. The molecule has 0 radical (unpaired) electrons. The molecule has 13 nitrogen and oxygen atoms in total. The number of carbonyl (C=O) groups is 3. The van der Waals surface area contributed by atoms with Gasteiger partial charge in [-0.3, -0.25) is 24.5 Å². The van der Waals surface area contributed by atoms with Gasteiger partial charge in [-0.05, 0) is 85.5 Å². The standard InChI is InChI=1S/C38H38N6O7/c1-48-32-11-10-25-21-28(32)26-20-27-24-44(38(47)33-9-6-17-49-33)16-19-51-35(27)34(22-26)50-18-7-15-43(14-5-4-13-40-36(25)45)37(46)31-23-30(41-42-31)29-8-2-3-12-39-29/h2-3,6,8-12,17,20-23H,4-5,7,13-16,18-19,24H2,1H3,(H,40,45)(H,41,42). The minimum absolute atomic E-state index is 0.185. The molecule has 2 N–H and O–H groups in total. The second-order valence-corrected chi connectivity index (χ2v) is 12.3. The third-order valence-electron chi connectivity index (χ3n) is 8.89. The van der Waals surface area contributed by atoms with Crippen molar-refractivity contribution in [1.82, 2.24) is 30.3 Å². The van der Waals surface area contributed by atoms with Crippen LogP contribution in [0.5, 0.6) is 17.2 Å². The van der Waals surface area contributed by atoms with E-state index in [4.69, 9.17) is 18.6 Å². The molecule has 0 saturated carbocycles. The van der Waals surface area contributed by atoms with Gasteiger partial charge in [-0.1, -0.05) is 6.07 Å². The Balaban J connectivity index is 1.19. The van der Waals surface area contributed by atoms with Crippen LogP contribution in [0.1, 0.15) is 56.2 Å². The number of furan rings is 1. The van der Waals surface area contributed by atoms with E-state index in [0.717, 1.165) is 11.1 Å². The summed E-state index contributed by atoms with van der Waals surface area (Å²) in [5.41, 5.74) is 4.24. The van der Waals surface area contributed by atoms with E-state index in [9.17, 15) is 14.4 Å². The Bertz CT molecular complexity index is 2010. The first-order valence-corrected chi connectivity index (χ1v) is 17.0. The van der Waals surface area contributed by atoms with Gasteiger partial charge in [0, 0.05) is 42.5 Å². The number of rotatable bonds is 4. The second-order valence-electron chi connectivity index (χ2n) is 12.3. The molecule has 0 saturated heterocycles. The summed E-state index contributed by atoms with van der Waals surface area (Å²) in [5.74, 6) is 1.18. The molecule has 262 valence electrons. The summed E-state index contributed by atoms with van der Waals surface area (Å²) in [6.45, 7) is 2.47. The number of pyridine rings is 1. The topological polar surface area (TPSA) is 152 Å². The highest BCUT2D eigenvalue weighted by molar-refractivity contribution is 5.96. The van der Waals surface area contributed by atoms with Crippen LogP contribution in [0.3, 0.4) is 0 Å². The highest BCUT2D eigenvalue weighted by Crippen LogP contribution is 2.41. The molecule has 0 atom stereocenters. The predicted octanol–water partition coefficient (Wildman–Crippen LogP) is 5.21. The zero-order valence-electron chi connectivity index (χ0n) is 28.2. The van der Waals surface area contributed by atoms with Gasteiger partial charge in [-0.2, -0.15) is 5.10 Å². The molecular formula is C38H38N6O7. The molecule has 2 aliphatic heterocycles. The van der Waals surface area contributed by atoms with Gasteiger partial charge in [0.25, 0.3) is 17.7 Å². The average molecular weight is 691 g/mol. The highest BCUT2D eigenvalue weighted by Gasteiger charge is 2.27. The summed E-state index contributed by atoms with van der Waals surface area (Å²) >= 11 is 0. The Kier molecular flexibility index (Phi) is 9.95. The van der Waals surface area contributed by atoms with Crippen LogP contribution in [0.2, 0.25) is 0 Å². The molecule has 2 aliphatic rings. The van der Waals surface area contributed by atoms with Crippen LogP contribution in [0.4, 0.5) is 0 Å². The van der Waals surface area contributed by atoms with Gasteiger partial charge in [0.2, 0.25) is 0 Å². The number of ether oxygens (including phenoxy) is 3. The minimum Gasteiger partial charge on any atom is -0.496 e. The largest absolute Gasteiger partial charge is 0.496 e. The van der Waals surface area contributed by atoms with Crippen molar-refractivity contribution >= 4 is 17.7 Å². The molecule has 0 fully saturated rings. The van der Waals surface area contributed by atoms with Crippen molar-refractivity contribution in [3.8, 4) is 39.8 Å². The molecular weight excluding hydrogens is 652 g/mol. The number of fused-ring (bicyclic) bond motifs is 7. The summed E-state index contributed by atoms with van der Waals surface area (Å²) in [6.07, 6.45) is 5.04. The molecule has 4 bridgehead atoms. The van der Waals surface area contributed by atoms with Crippen molar-refractivity contribution in [3.63, 3.8) is 0 Å². The zero-order valence-corrected chi connectivity index (χ0v) is 28.2. The van der Waals surface area contributed by atoms with Crippen molar-refractivity contribution in [3.05, 3.63) is 102 Å². The number of carbonyl (C=O) groups excluding carboxylic acids is 3. The van der Waals surface area contributed by atoms with Crippen LogP contribution in [-0.4, -0.2) is 89.2 Å². The third kappa shape index (κ3) is 7.42. The van der Waals surface area contributed by atoms with Crippen LogP contribution >= 0.6 is 0 Å². The summed E-state index contributed by atoms with van der Waals surface area (Å²) < 4.78 is 23.8. The van der Waals surface area contributed by atoms with E-state index in [1.165, 1.54) is 6.26 Å². The number of methoxy groups -OCH3 is 1. The van der Waals surface area contributed by atoms with E-state index in [2.05, 4.69) is 20.5 Å². The minimum atomic E-state index is -0.250. The van der Waals surface area contributed by atoms with E-state index in [-0.39, 0.29) is 43.2 Å². The van der Waals surface area contributed by atoms with Crippen LogP contribution in [0.25, 0.3) is 22.5 Å². The van der Waals surface area contributed by atoms with Gasteiger partial charge in [-0.15, -0.1) is 0 Å². The summed E-state index contributed by atoms with van der Waals surface area (Å²) in [7, 11) is 1.58. The first-order valence-electron chi connectivity index (χ1n) is 17.0. The normalized spacial score (nSPS) is 15.4. The number of aromatic amines is 1. The molecule has 0 aliphatic carbocycles. The van der Waals surface area contributed by atoms with Crippen LogP contribution < -0.4 is 19.5 Å². The molecule has 2 aromatic carbocycles. The predicted molar refractivity (Wildman–Crippen MR) is 187 cm³/mol. The molecule has 3 amide bonds. The van der Waals surface area contributed by atoms with Gasteiger partial charge in [0.05, 0.1) is 38.8 Å². The maximum atomic E-state index is 13.7. The molecule has 3 aromatic heterocycles. The maximum absolute atomic E-state index is 13.7. The smallest absolute Gasteiger partial charge is 0.289 e. The molecule has 0 unspecified atom stereocenters. The first kappa shape index (κ1) is 33.4. The summed E-state index contributed by atoms with van der Waals surface area (Å²) in [5, 5.41) is 10.2. The van der Waals surface area contributed by atoms with Gasteiger partial charge in [0.1, 0.15) is 23.7 Å². The quantitative estimate of drug-likeness (QED) is 0.259. The number of amides is 3. The Morgan fingerprint density at radius 1 is 0.843 bits per heavy atom. The van der Waals surface area contributed by atoms with Crippen LogP contribution in [-0.2, 0) is 6.54 Å². The lowest BCUT2D eigenvalue weighted by molar-refractivity contribution is 0.0700. The lowest BCUT2D eigenvalue weighted by atomic mass is 9.98. The maximum Gasteiger partial charge on any atom is 0.289 e. The number of benzene rings is 2. The van der Waals surface area contributed by atoms with Crippen LogP contribution in [0, 0.1) is 0 Å². The highest BCUT2D eigenvalue weighted by atomic mass is 16.5. The summed E-state index contributed by atoms with van der Waals surface area (Å²) in [6, 6.07) is 19.7. The first-order chi connectivity index (χ1) is 25.0. The van der Waals surface area contributed by atoms with Crippen molar-refractivity contribution < 1.29 is 33.0 Å². The molecule has 13 heteroatoms. The number of hydrogen-bond donors (Lipinski definition) is 2.